The summed E-state index contributed by atoms with van der Waals surface area (Å²) in [6.45, 7) is 12.6. The zero-order valence-corrected chi connectivity index (χ0v) is 27.5. The van der Waals surface area contributed by atoms with E-state index in [-0.39, 0.29) is 11.3 Å². The molecular weight excluding hydrogens is 564 g/mol. The fourth-order valence-electron chi connectivity index (χ4n) is 5.79. The third kappa shape index (κ3) is 7.12. The number of rotatable bonds is 11. The monoisotopic (exact) mass is 609 g/mol. The number of hydrogen-bond acceptors (Lipinski definition) is 6. The molecule has 236 valence electrons. The van der Waals surface area contributed by atoms with Crippen LogP contribution in [-0.4, -0.2) is 44.7 Å². The molecule has 0 saturated heterocycles. The Balaban J connectivity index is 1.27. The van der Waals surface area contributed by atoms with E-state index in [2.05, 4.69) is 63.5 Å². The van der Waals surface area contributed by atoms with Gasteiger partial charge in [-0.1, -0.05) is 51.1 Å². The average Bonchev–Trinajstić information content (AvgIpc) is 3.02. The van der Waals surface area contributed by atoms with E-state index in [4.69, 9.17) is 23.9 Å². The predicted molar refractivity (Wildman–Crippen MR) is 180 cm³/mol. The largest absolute Gasteiger partial charge is 0.493 e. The van der Waals surface area contributed by atoms with Crippen LogP contribution in [0.4, 0.5) is 5.69 Å². The number of amides is 1. The van der Waals surface area contributed by atoms with Gasteiger partial charge in [0.2, 0.25) is 5.91 Å². The summed E-state index contributed by atoms with van der Waals surface area (Å²) in [4.78, 5) is 22.5. The number of aryl methyl sites for hydroxylation is 2. The first-order valence-electron chi connectivity index (χ1n) is 15.8. The third-order valence-corrected chi connectivity index (χ3v) is 8.12. The molecule has 1 heterocycles. The molecule has 8 heteroatoms. The van der Waals surface area contributed by atoms with E-state index < -0.39 is 0 Å². The Morgan fingerprint density at radius 1 is 1.04 bits per heavy atom. The van der Waals surface area contributed by atoms with Crippen LogP contribution in [-0.2, 0) is 16.6 Å². The van der Waals surface area contributed by atoms with Gasteiger partial charge in [-0.2, -0.15) is 0 Å². The van der Waals surface area contributed by atoms with E-state index in [0.717, 1.165) is 80.6 Å². The van der Waals surface area contributed by atoms with E-state index in [1.54, 1.807) is 14.2 Å². The lowest BCUT2D eigenvalue weighted by atomic mass is 9.84. The van der Waals surface area contributed by atoms with Crippen molar-refractivity contribution in [3.05, 3.63) is 76.6 Å². The molecular formula is C37H45N4O4+. The maximum Gasteiger partial charge on any atom is 0.221 e. The summed E-state index contributed by atoms with van der Waals surface area (Å²) in [6.07, 6.45) is 1.94. The first-order valence-corrected chi connectivity index (χ1v) is 15.8. The Bertz CT molecular complexity index is 1870. The van der Waals surface area contributed by atoms with Crippen molar-refractivity contribution < 1.29 is 24.0 Å². The van der Waals surface area contributed by atoms with E-state index in [9.17, 15) is 4.79 Å². The van der Waals surface area contributed by atoms with Crippen LogP contribution < -0.4 is 25.5 Å². The number of ether oxygens (including phenoxy) is 2. The van der Waals surface area contributed by atoms with E-state index in [0.29, 0.717) is 25.3 Å². The van der Waals surface area contributed by atoms with E-state index in [1.165, 1.54) is 5.56 Å². The lowest BCUT2D eigenvalue weighted by Crippen LogP contribution is -2.77. The molecule has 3 aromatic rings. The molecule has 1 aliphatic carbocycles. The highest BCUT2D eigenvalue weighted by Gasteiger charge is 2.23. The number of nitrogens with zero attached hydrogens (tertiary/aromatic N) is 2. The third-order valence-electron chi connectivity index (χ3n) is 8.12. The van der Waals surface area contributed by atoms with Crippen molar-refractivity contribution in [1.82, 2.24) is 10.3 Å². The van der Waals surface area contributed by atoms with Crippen LogP contribution in [0.3, 0.4) is 0 Å². The number of quaternary nitrogens is 1. The van der Waals surface area contributed by atoms with Crippen molar-refractivity contribution in [3.63, 3.8) is 0 Å². The normalized spacial score (nSPS) is 12.3. The van der Waals surface area contributed by atoms with Crippen LogP contribution in [0.2, 0.25) is 0 Å². The van der Waals surface area contributed by atoms with Crippen molar-refractivity contribution >= 4 is 33.5 Å². The van der Waals surface area contributed by atoms with Gasteiger partial charge in [0, 0.05) is 53.5 Å². The Kier molecular flexibility index (Phi) is 9.73. The van der Waals surface area contributed by atoms with Gasteiger partial charge in [-0.05, 0) is 49.8 Å². The van der Waals surface area contributed by atoms with Gasteiger partial charge in [0.1, 0.15) is 16.9 Å². The van der Waals surface area contributed by atoms with Crippen molar-refractivity contribution in [2.75, 3.05) is 33.9 Å². The highest BCUT2D eigenvalue weighted by molar-refractivity contribution is 5.96. The van der Waals surface area contributed by atoms with Crippen LogP contribution >= 0.6 is 0 Å². The fourth-order valence-corrected chi connectivity index (χ4v) is 5.79. The van der Waals surface area contributed by atoms with Gasteiger partial charge in [0.15, 0.2) is 22.8 Å². The standard InChI is InChI=1S/C37H44N4O4/c1-8-38-28-21-31-30(18-23(28)2)41-35-26-14-10-9-13-25(26)29(22-32(35)45-31)39-17-15-34(42)40-16-11-12-24-19-27(37(3,4)5)36(44-7)33(20-24)43-6/h9-10,13-14,18-22,38H,8,11-12,15-17H2,1-7H3,(H,40,42)/p+1. The summed E-state index contributed by atoms with van der Waals surface area (Å²) in [5.41, 5.74) is 6.91. The van der Waals surface area contributed by atoms with Crippen LogP contribution in [0.5, 0.6) is 11.5 Å². The molecule has 0 bridgehead atoms. The summed E-state index contributed by atoms with van der Waals surface area (Å²) >= 11 is 0. The van der Waals surface area contributed by atoms with Crippen LogP contribution in [0.1, 0.15) is 57.2 Å². The van der Waals surface area contributed by atoms with Gasteiger partial charge in [0.25, 0.3) is 0 Å². The van der Waals surface area contributed by atoms with Gasteiger partial charge in [-0.3, -0.25) is 9.79 Å². The first-order chi connectivity index (χ1) is 21.6. The molecule has 0 unspecified atom stereocenters. The van der Waals surface area contributed by atoms with Gasteiger partial charge in [-0.25, -0.2) is 4.98 Å². The van der Waals surface area contributed by atoms with Crippen molar-refractivity contribution in [1.29, 1.82) is 0 Å². The Morgan fingerprint density at radius 3 is 2.53 bits per heavy atom. The fraction of sp³-hybridized carbons (Fsp3) is 0.378. The lowest BCUT2D eigenvalue weighted by molar-refractivity contribution is -0.568. The van der Waals surface area contributed by atoms with Crippen molar-refractivity contribution in [2.45, 2.75) is 59.3 Å². The van der Waals surface area contributed by atoms with Crippen LogP contribution in [0.25, 0.3) is 33.3 Å². The molecule has 0 saturated carbocycles. The molecule has 0 fully saturated rings. The summed E-state index contributed by atoms with van der Waals surface area (Å²) in [6, 6.07) is 18.4. The molecule has 2 aliphatic rings. The summed E-state index contributed by atoms with van der Waals surface area (Å²) < 4.78 is 17.6. The molecule has 1 amide bonds. The molecule has 0 radical (unpaired) electrons. The molecule has 0 atom stereocenters. The zero-order valence-electron chi connectivity index (χ0n) is 27.5. The Labute approximate surface area is 265 Å². The predicted octanol–water partition coefficient (Wildman–Crippen LogP) is 5.96. The Morgan fingerprint density at radius 2 is 1.82 bits per heavy atom. The Hall–Kier alpha value is -4.43. The molecule has 3 aromatic carbocycles. The smallest absolute Gasteiger partial charge is 0.221 e. The number of methoxy groups -OCH3 is 2. The zero-order chi connectivity index (χ0) is 32.1. The quantitative estimate of drug-likeness (QED) is 0.0832. The maximum atomic E-state index is 12.7. The SMILES string of the molecule is CC[NH2+]c1cc2oc3cc(=NCCC(=O)NCCCc4cc(OC)c(OC)c(C(C)(C)C)c4)c4ccccc4c-3nc2cc1C. The highest BCUT2D eigenvalue weighted by Crippen LogP contribution is 2.39. The summed E-state index contributed by atoms with van der Waals surface area (Å²) in [5.74, 6) is 2.18. The number of aromatic nitrogens is 1. The van der Waals surface area contributed by atoms with Crippen molar-refractivity contribution in [2.24, 2.45) is 4.99 Å². The highest BCUT2D eigenvalue weighted by atomic mass is 16.5. The second kappa shape index (κ2) is 13.7. The minimum absolute atomic E-state index is 0.0149. The average molecular weight is 610 g/mol. The number of carbonyl (C=O) groups is 1. The minimum Gasteiger partial charge on any atom is -0.493 e. The number of hydrogen-bond donors (Lipinski definition) is 2. The summed E-state index contributed by atoms with van der Waals surface area (Å²) in [5, 5.41) is 8.02. The lowest BCUT2D eigenvalue weighted by Gasteiger charge is -2.24. The first kappa shape index (κ1) is 32.0. The molecule has 5 rings (SSSR count). The number of nitrogens with one attached hydrogen (secondary N) is 1. The minimum atomic E-state index is -0.0862. The molecule has 3 N–H and O–H groups in total. The number of nitrogens with two attached hydrogens (primary N) is 1. The second-order valence-corrected chi connectivity index (χ2v) is 12.5. The van der Waals surface area contributed by atoms with Gasteiger partial charge in [-0.15, -0.1) is 0 Å². The van der Waals surface area contributed by atoms with Crippen molar-refractivity contribution in [3.8, 4) is 23.0 Å². The molecule has 0 aromatic heterocycles. The molecule has 45 heavy (non-hydrogen) atoms. The van der Waals surface area contributed by atoms with Crippen LogP contribution in [0.15, 0.2) is 64.0 Å². The number of benzene rings is 4. The molecule has 1 aliphatic heterocycles. The summed E-state index contributed by atoms with van der Waals surface area (Å²) in [7, 11) is 3.34. The van der Waals surface area contributed by atoms with Gasteiger partial charge in [0.05, 0.1) is 26.1 Å². The maximum absolute atomic E-state index is 12.7. The molecule has 8 nitrogen and oxygen atoms in total. The van der Waals surface area contributed by atoms with Gasteiger partial charge < -0.3 is 24.5 Å². The number of fused-ring (bicyclic) bond motifs is 4. The topological polar surface area (TPSA) is 103 Å². The molecule has 0 spiro atoms. The van der Waals surface area contributed by atoms with E-state index in [1.807, 2.05) is 36.4 Å². The van der Waals surface area contributed by atoms with E-state index >= 15 is 0 Å². The number of carbonyl (C=O) groups excluding carboxylic acids is 1. The second-order valence-electron chi connectivity index (χ2n) is 12.5. The van der Waals surface area contributed by atoms with Gasteiger partial charge >= 0.3 is 0 Å². The van der Waals surface area contributed by atoms with Crippen LogP contribution in [0, 0.1) is 6.92 Å².